The number of carbonyl (C=O) groups is 1. The van der Waals surface area contributed by atoms with Gasteiger partial charge in [0.25, 0.3) is 0 Å². The van der Waals surface area contributed by atoms with Crippen LogP contribution in [0.5, 0.6) is 0 Å². The first-order valence-electron chi connectivity index (χ1n) is 3.47. The molecule has 4 heteroatoms. The lowest BCUT2D eigenvalue weighted by molar-refractivity contribution is 0.159. The standard InChI is InChI=1S/C5H9ClO2.C2H6O/c1-4(2)3-8-5(6)7;1-2-3/h4H,3H2,1-2H3;3H,2H2,1H3. The molecule has 11 heavy (non-hydrogen) atoms. The zero-order valence-corrected chi connectivity index (χ0v) is 7.89. The SMILES string of the molecule is CC(C)COC(=O)Cl.CCO. The minimum atomic E-state index is -0.723. The maximum Gasteiger partial charge on any atom is 0.403 e. The fourth-order valence-electron chi connectivity index (χ4n) is 0.232. The summed E-state index contributed by atoms with van der Waals surface area (Å²) in [4.78, 5) is 9.89. The minimum absolute atomic E-state index is 0.250. The van der Waals surface area contributed by atoms with Gasteiger partial charge in [-0.05, 0) is 12.8 Å². The molecule has 0 rings (SSSR count). The Hall–Kier alpha value is -0.280. The molecule has 0 saturated heterocycles. The van der Waals surface area contributed by atoms with Crippen LogP contribution < -0.4 is 0 Å². The lowest BCUT2D eigenvalue weighted by Gasteiger charge is -2.00. The van der Waals surface area contributed by atoms with Gasteiger partial charge >= 0.3 is 5.43 Å². The van der Waals surface area contributed by atoms with Gasteiger partial charge < -0.3 is 9.84 Å². The van der Waals surface area contributed by atoms with Crippen molar-refractivity contribution in [1.29, 1.82) is 0 Å². The van der Waals surface area contributed by atoms with Crippen molar-refractivity contribution < 1.29 is 14.6 Å². The van der Waals surface area contributed by atoms with Crippen molar-refractivity contribution in [3.63, 3.8) is 0 Å². The summed E-state index contributed by atoms with van der Waals surface area (Å²) in [5, 5.41) is 7.57. The van der Waals surface area contributed by atoms with Crippen LogP contribution >= 0.6 is 11.6 Å². The van der Waals surface area contributed by atoms with Crippen molar-refractivity contribution in [3.8, 4) is 0 Å². The smallest absolute Gasteiger partial charge is 0.403 e. The lowest BCUT2D eigenvalue weighted by atomic mass is 10.2. The van der Waals surface area contributed by atoms with E-state index in [9.17, 15) is 4.79 Å². The summed E-state index contributed by atoms with van der Waals surface area (Å²) in [6, 6.07) is 0. The molecule has 0 heterocycles. The third-order valence-corrected chi connectivity index (χ3v) is 0.639. The summed E-state index contributed by atoms with van der Waals surface area (Å²) in [5.41, 5.74) is -0.723. The van der Waals surface area contributed by atoms with E-state index in [-0.39, 0.29) is 6.61 Å². The highest BCUT2D eigenvalue weighted by molar-refractivity contribution is 6.61. The predicted molar refractivity (Wildman–Crippen MR) is 44.8 cm³/mol. The Morgan fingerprint density at radius 1 is 1.64 bits per heavy atom. The molecule has 1 N–H and O–H groups in total. The van der Waals surface area contributed by atoms with Gasteiger partial charge in [-0.15, -0.1) is 0 Å². The second-order valence-corrected chi connectivity index (χ2v) is 2.57. The van der Waals surface area contributed by atoms with Gasteiger partial charge in [0.2, 0.25) is 0 Å². The van der Waals surface area contributed by atoms with Crippen LogP contribution in [0.25, 0.3) is 0 Å². The van der Waals surface area contributed by atoms with Gasteiger partial charge in [-0.2, -0.15) is 0 Å². The van der Waals surface area contributed by atoms with Gasteiger partial charge in [-0.25, -0.2) is 4.79 Å². The maximum atomic E-state index is 9.89. The van der Waals surface area contributed by atoms with Gasteiger partial charge in [0.05, 0.1) is 6.61 Å². The van der Waals surface area contributed by atoms with Crippen LogP contribution in [0.4, 0.5) is 4.79 Å². The molecule has 0 fully saturated rings. The molecule has 0 aromatic heterocycles. The number of halogens is 1. The third kappa shape index (κ3) is 26.0. The van der Waals surface area contributed by atoms with Crippen LogP contribution in [-0.2, 0) is 4.74 Å². The summed E-state index contributed by atoms with van der Waals surface area (Å²) in [6.07, 6.45) is 0. The lowest BCUT2D eigenvalue weighted by Crippen LogP contribution is -2.02. The van der Waals surface area contributed by atoms with E-state index in [4.69, 9.17) is 16.7 Å². The molecule has 0 aliphatic rings. The number of hydrogen-bond donors (Lipinski definition) is 1. The van der Waals surface area contributed by atoms with E-state index >= 15 is 0 Å². The molecule has 0 amide bonds. The van der Waals surface area contributed by atoms with Gasteiger partial charge in [-0.1, -0.05) is 13.8 Å². The van der Waals surface area contributed by atoms with Crippen molar-refractivity contribution in [2.45, 2.75) is 20.8 Å². The first-order valence-corrected chi connectivity index (χ1v) is 3.85. The van der Waals surface area contributed by atoms with E-state index in [0.717, 1.165) is 0 Å². The van der Waals surface area contributed by atoms with Gasteiger partial charge in [0.15, 0.2) is 0 Å². The van der Waals surface area contributed by atoms with Gasteiger partial charge in [0, 0.05) is 18.2 Å². The van der Waals surface area contributed by atoms with Crippen molar-refractivity contribution >= 4 is 17.0 Å². The molecule has 0 aromatic carbocycles. The van der Waals surface area contributed by atoms with Crippen molar-refractivity contribution in [2.75, 3.05) is 13.2 Å². The minimum Gasteiger partial charge on any atom is -0.453 e. The highest BCUT2D eigenvalue weighted by Crippen LogP contribution is 1.94. The molecule has 0 aliphatic carbocycles. The molecule has 0 saturated carbocycles. The Balaban J connectivity index is 0. The number of rotatable bonds is 2. The number of carbonyl (C=O) groups excluding carboxylic acids is 1. The number of ether oxygens (including phenoxy) is 1. The molecular weight excluding hydrogens is 168 g/mol. The normalized spacial score (nSPS) is 8.55. The average molecular weight is 183 g/mol. The zero-order valence-electron chi connectivity index (χ0n) is 7.13. The first-order chi connectivity index (χ1) is 5.04. The Morgan fingerprint density at radius 2 is 2.00 bits per heavy atom. The molecule has 0 radical (unpaired) electrons. The van der Waals surface area contributed by atoms with E-state index in [1.165, 1.54) is 0 Å². The summed E-state index contributed by atoms with van der Waals surface area (Å²) in [6.45, 7) is 6.22. The van der Waals surface area contributed by atoms with E-state index in [1.54, 1.807) is 6.92 Å². The predicted octanol–water partition coefficient (Wildman–Crippen LogP) is 2.02. The second kappa shape index (κ2) is 9.72. The molecule has 0 spiro atoms. The summed E-state index contributed by atoms with van der Waals surface area (Å²) >= 11 is 4.86. The molecule has 0 bridgehead atoms. The molecule has 0 unspecified atom stereocenters. The van der Waals surface area contributed by atoms with Crippen molar-refractivity contribution in [1.82, 2.24) is 0 Å². The Morgan fingerprint density at radius 3 is 2.09 bits per heavy atom. The fraction of sp³-hybridized carbons (Fsp3) is 0.857. The largest absolute Gasteiger partial charge is 0.453 e. The molecule has 68 valence electrons. The summed E-state index contributed by atoms with van der Waals surface area (Å²) in [7, 11) is 0. The number of hydrogen-bond acceptors (Lipinski definition) is 3. The van der Waals surface area contributed by atoms with Crippen LogP contribution in [0.3, 0.4) is 0 Å². The van der Waals surface area contributed by atoms with E-state index in [2.05, 4.69) is 4.74 Å². The Bertz CT molecular complexity index is 93.7. The Kier molecular flexibility index (Phi) is 11.8. The molecular formula is C7H15ClO3. The highest BCUT2D eigenvalue weighted by Gasteiger charge is 1.96. The van der Waals surface area contributed by atoms with Crippen molar-refractivity contribution in [3.05, 3.63) is 0 Å². The van der Waals surface area contributed by atoms with Crippen LogP contribution in [0, 0.1) is 5.92 Å². The van der Waals surface area contributed by atoms with Crippen LogP contribution in [-0.4, -0.2) is 23.7 Å². The first kappa shape index (κ1) is 13.3. The third-order valence-electron chi connectivity index (χ3n) is 0.530. The number of aliphatic hydroxyl groups is 1. The van der Waals surface area contributed by atoms with E-state index in [1.807, 2.05) is 13.8 Å². The topological polar surface area (TPSA) is 46.5 Å². The van der Waals surface area contributed by atoms with E-state index < -0.39 is 5.43 Å². The molecule has 0 atom stereocenters. The monoisotopic (exact) mass is 182 g/mol. The van der Waals surface area contributed by atoms with Gasteiger partial charge in [-0.3, -0.25) is 0 Å². The van der Waals surface area contributed by atoms with Crippen LogP contribution in [0.2, 0.25) is 0 Å². The number of aliphatic hydroxyl groups excluding tert-OH is 1. The molecule has 0 aliphatic heterocycles. The quantitative estimate of drug-likeness (QED) is 0.665. The maximum absolute atomic E-state index is 9.89. The zero-order chi connectivity index (χ0) is 9.28. The highest BCUT2D eigenvalue weighted by atomic mass is 35.5. The average Bonchev–Trinajstić information content (AvgIpc) is 1.85. The summed E-state index contributed by atoms with van der Waals surface area (Å²) < 4.78 is 4.43. The molecule has 3 nitrogen and oxygen atoms in total. The Labute approximate surface area is 72.3 Å². The fourth-order valence-corrected chi connectivity index (χ4v) is 0.295. The molecule has 0 aromatic rings. The van der Waals surface area contributed by atoms with Crippen LogP contribution in [0.1, 0.15) is 20.8 Å². The van der Waals surface area contributed by atoms with Gasteiger partial charge in [0.1, 0.15) is 0 Å². The summed E-state index contributed by atoms with van der Waals surface area (Å²) in [5.74, 6) is 0.359. The second-order valence-electron chi connectivity index (χ2n) is 2.26. The van der Waals surface area contributed by atoms with E-state index in [0.29, 0.717) is 12.5 Å². The van der Waals surface area contributed by atoms with Crippen molar-refractivity contribution in [2.24, 2.45) is 5.92 Å². The van der Waals surface area contributed by atoms with Crippen LogP contribution in [0.15, 0.2) is 0 Å².